The van der Waals surface area contributed by atoms with E-state index < -0.39 is 16.1 Å². The lowest BCUT2D eigenvalue weighted by atomic mass is 9.43. The zero-order valence-electron chi connectivity index (χ0n) is 25.5. The molecule has 2 unspecified atom stereocenters. The molecule has 0 aromatic heterocycles. The van der Waals surface area contributed by atoms with Gasteiger partial charge in [-0.25, -0.2) is 4.79 Å². The summed E-state index contributed by atoms with van der Waals surface area (Å²) in [4.78, 5) is 15.7. The fourth-order valence-electron chi connectivity index (χ4n) is 8.26. The van der Waals surface area contributed by atoms with Crippen molar-refractivity contribution in [3.05, 3.63) is 126 Å². The minimum Gasteiger partial charge on any atom is -0.455 e. The Labute approximate surface area is 265 Å². The first-order valence-electron chi connectivity index (χ1n) is 15.5. The van der Waals surface area contributed by atoms with E-state index in [1.807, 2.05) is 0 Å². The van der Waals surface area contributed by atoms with Crippen LogP contribution >= 0.6 is 10.8 Å². The Morgan fingerprint density at radius 2 is 1.20 bits per heavy atom. The number of hydrogen-bond acceptors (Lipinski definition) is 2. The Morgan fingerprint density at radius 1 is 0.750 bits per heavy atom. The van der Waals surface area contributed by atoms with Crippen LogP contribution in [0.4, 0.5) is 12.6 Å². The molecule has 6 heteroatoms. The van der Waals surface area contributed by atoms with Crippen LogP contribution in [0.25, 0.3) is 0 Å². The topological polar surface area (TPSA) is 26.3 Å². The van der Waals surface area contributed by atoms with Crippen LogP contribution in [0.2, 0.25) is 0 Å². The molecule has 4 bridgehead atoms. The van der Waals surface area contributed by atoms with Crippen molar-refractivity contribution < 1.29 is 17.3 Å². The van der Waals surface area contributed by atoms with Crippen molar-refractivity contribution >= 4 is 27.0 Å². The highest BCUT2D eigenvalue weighted by Crippen LogP contribution is 2.66. The molecular weight excluding hydrogens is 591 g/mol. The van der Waals surface area contributed by atoms with E-state index in [9.17, 15) is 12.6 Å². The number of halogens is 2. The smallest absolute Gasteiger partial charge is 0.404 e. The van der Waals surface area contributed by atoms with Crippen LogP contribution in [0.15, 0.2) is 130 Å². The molecule has 4 aromatic carbocycles. The minimum atomic E-state index is -4.27. The molecule has 230 valence electrons. The van der Waals surface area contributed by atoms with Crippen LogP contribution in [0.5, 0.6) is 0 Å². The van der Waals surface area contributed by atoms with Gasteiger partial charge < -0.3 is 4.74 Å². The standard InChI is InChI=1S/C20H26F2O2S.C18H15S/c1-14-3-5-17(6-4-14)20-10-15-7-16(11-20)9-19(8-15,12-20)13-24-18(23)25(2,21)22;1-4-10-16(11-5-1)19(17-12-6-2-7-13-17)18-14-8-3-9-15-18/h3-6,15-16H,7-13H2,1-2H3;1-15H/q;+1. The van der Waals surface area contributed by atoms with Gasteiger partial charge in [-0.1, -0.05) is 84.4 Å². The summed E-state index contributed by atoms with van der Waals surface area (Å²) in [6.45, 7) is 2.26. The van der Waals surface area contributed by atoms with Crippen LogP contribution in [-0.2, 0) is 21.0 Å². The predicted octanol–water partition coefficient (Wildman–Crippen LogP) is 11.0. The van der Waals surface area contributed by atoms with E-state index in [0.717, 1.165) is 19.3 Å². The monoisotopic (exact) mass is 631 g/mol. The summed E-state index contributed by atoms with van der Waals surface area (Å²) in [5, 5.41) is -1.30. The molecule has 0 aliphatic heterocycles. The van der Waals surface area contributed by atoms with E-state index in [0.29, 0.717) is 18.1 Å². The van der Waals surface area contributed by atoms with Gasteiger partial charge in [0, 0.05) is 11.7 Å². The van der Waals surface area contributed by atoms with Gasteiger partial charge in [-0.3, -0.25) is 0 Å². The normalized spacial score (nSPS) is 25.7. The van der Waals surface area contributed by atoms with E-state index in [4.69, 9.17) is 4.74 Å². The molecule has 0 saturated heterocycles. The molecule has 0 heterocycles. The van der Waals surface area contributed by atoms with Crippen molar-refractivity contribution in [3.63, 3.8) is 0 Å². The van der Waals surface area contributed by atoms with E-state index >= 15 is 0 Å². The minimum absolute atomic E-state index is 0.0146. The molecular formula is C38H41F2O2S2+. The Balaban J connectivity index is 0.000000162. The number of hydrogen-bond donors (Lipinski definition) is 0. The van der Waals surface area contributed by atoms with Gasteiger partial charge in [0.25, 0.3) is 0 Å². The maximum atomic E-state index is 13.3. The first-order valence-corrected chi connectivity index (χ1v) is 18.5. The average Bonchev–Trinajstić information content (AvgIpc) is 3.01. The predicted molar refractivity (Wildman–Crippen MR) is 179 cm³/mol. The Kier molecular flexibility index (Phi) is 8.94. The van der Waals surface area contributed by atoms with Crippen molar-refractivity contribution in [2.45, 2.75) is 65.6 Å². The van der Waals surface area contributed by atoms with Crippen molar-refractivity contribution in [3.8, 4) is 0 Å². The van der Waals surface area contributed by atoms with Crippen LogP contribution in [-0.4, -0.2) is 18.2 Å². The van der Waals surface area contributed by atoms with Crippen molar-refractivity contribution in [2.24, 2.45) is 17.3 Å². The first kappa shape index (κ1) is 30.9. The molecule has 0 radical (unpaired) electrons. The highest BCUT2D eigenvalue weighted by atomic mass is 32.3. The van der Waals surface area contributed by atoms with Gasteiger partial charge >= 0.3 is 5.30 Å². The zero-order valence-corrected chi connectivity index (χ0v) is 27.1. The van der Waals surface area contributed by atoms with Gasteiger partial charge in [0.15, 0.2) is 25.5 Å². The Morgan fingerprint density at radius 3 is 1.64 bits per heavy atom. The largest absolute Gasteiger partial charge is 0.455 e. The van der Waals surface area contributed by atoms with Crippen LogP contribution in [0.1, 0.15) is 49.7 Å². The van der Waals surface area contributed by atoms with Crippen LogP contribution in [0.3, 0.4) is 0 Å². The van der Waals surface area contributed by atoms with Gasteiger partial charge in [0.1, 0.15) is 0 Å². The van der Waals surface area contributed by atoms with E-state index in [2.05, 4.69) is 122 Å². The third-order valence-corrected chi connectivity index (χ3v) is 12.5. The Hall–Kier alpha value is -3.09. The summed E-state index contributed by atoms with van der Waals surface area (Å²) in [5.74, 6) is 1.27. The van der Waals surface area contributed by atoms with Gasteiger partial charge in [0.05, 0.1) is 17.5 Å². The third kappa shape index (κ3) is 6.77. The van der Waals surface area contributed by atoms with Gasteiger partial charge in [0.2, 0.25) is 0 Å². The molecule has 4 aliphatic carbocycles. The molecule has 2 nitrogen and oxygen atoms in total. The second-order valence-electron chi connectivity index (χ2n) is 13.1. The lowest BCUT2D eigenvalue weighted by Gasteiger charge is -2.62. The summed E-state index contributed by atoms with van der Waals surface area (Å²) in [6.07, 6.45) is 7.34. The average molecular weight is 632 g/mol. The fourth-order valence-corrected chi connectivity index (χ4v) is 10.6. The maximum Gasteiger partial charge on any atom is 0.404 e. The molecule has 4 aliphatic rings. The molecule has 8 rings (SSSR count). The second kappa shape index (κ2) is 12.7. The number of carbonyl (C=O) groups excluding carboxylic acids is 1. The third-order valence-electron chi connectivity index (χ3n) is 9.57. The lowest BCUT2D eigenvalue weighted by molar-refractivity contribution is -0.0957. The number of rotatable bonds is 6. The quantitative estimate of drug-likeness (QED) is 0.156. The van der Waals surface area contributed by atoms with Crippen molar-refractivity contribution in [2.75, 3.05) is 12.9 Å². The fraction of sp³-hybridized carbons (Fsp3) is 0.342. The van der Waals surface area contributed by atoms with Gasteiger partial charge in [-0.2, -0.15) is 0 Å². The summed E-state index contributed by atoms with van der Waals surface area (Å²) in [5.41, 5.74) is 2.68. The van der Waals surface area contributed by atoms with E-state index in [-0.39, 0.29) is 28.3 Å². The number of carbonyl (C=O) groups is 1. The summed E-state index contributed by atoms with van der Waals surface area (Å²) in [7, 11) is -4.28. The highest BCUT2D eigenvalue weighted by Gasteiger charge is 2.58. The van der Waals surface area contributed by atoms with Crippen LogP contribution < -0.4 is 0 Å². The van der Waals surface area contributed by atoms with Crippen molar-refractivity contribution in [1.82, 2.24) is 0 Å². The van der Waals surface area contributed by atoms with E-state index in [1.54, 1.807) is 0 Å². The molecule has 0 amide bonds. The highest BCUT2D eigenvalue weighted by molar-refractivity contribution is 8.36. The van der Waals surface area contributed by atoms with E-state index in [1.165, 1.54) is 45.1 Å². The molecule has 0 spiro atoms. The SMILES string of the molecule is Cc1ccc(C23CC4CC(CC(COC(=O)S(C)(F)F)(C4)C2)C3)cc1.c1ccc([S+](c2ccccc2)c2ccccc2)cc1. The number of benzene rings is 4. The molecule has 4 fully saturated rings. The van der Waals surface area contributed by atoms with Gasteiger partial charge in [-0.15, -0.1) is 7.77 Å². The lowest BCUT2D eigenvalue weighted by Crippen LogP contribution is -2.55. The molecule has 4 aromatic rings. The summed E-state index contributed by atoms with van der Waals surface area (Å²) >= 11 is 0. The molecule has 4 saturated carbocycles. The molecule has 0 N–H and O–H groups in total. The second-order valence-corrected chi connectivity index (χ2v) is 16.9. The molecule has 2 atom stereocenters. The summed E-state index contributed by atoms with van der Waals surface area (Å²) in [6, 6.07) is 41.0. The first-order chi connectivity index (χ1) is 21.1. The summed E-state index contributed by atoms with van der Waals surface area (Å²) < 4.78 is 31.7. The van der Waals surface area contributed by atoms with Crippen molar-refractivity contribution in [1.29, 1.82) is 0 Å². The molecule has 44 heavy (non-hydrogen) atoms. The van der Waals surface area contributed by atoms with Gasteiger partial charge in [-0.05, 0) is 105 Å². The number of ether oxygens (including phenoxy) is 1. The van der Waals surface area contributed by atoms with Crippen LogP contribution in [0, 0.1) is 24.2 Å². The number of aryl methyl sites for hydroxylation is 1. The zero-order chi connectivity index (χ0) is 30.8. The Bertz CT molecular complexity index is 1430. The maximum absolute atomic E-state index is 13.3.